The maximum atomic E-state index is 4.10. The van der Waals surface area contributed by atoms with Crippen LogP contribution in [0.3, 0.4) is 0 Å². The second-order valence-electron chi connectivity index (χ2n) is 2.62. The van der Waals surface area contributed by atoms with Crippen molar-refractivity contribution < 1.29 is 0 Å². The van der Waals surface area contributed by atoms with Crippen molar-refractivity contribution in [3.63, 3.8) is 0 Å². The zero-order valence-electron chi connectivity index (χ0n) is 7.04. The summed E-state index contributed by atoms with van der Waals surface area (Å²) >= 11 is 0. The van der Waals surface area contributed by atoms with Crippen LogP contribution < -0.4 is 0 Å². The zero-order chi connectivity index (χ0) is 8.31. The molecule has 0 radical (unpaired) electrons. The highest BCUT2D eigenvalue weighted by Crippen LogP contribution is 2.52. The van der Waals surface area contributed by atoms with E-state index in [0.717, 1.165) is 5.14 Å². The van der Waals surface area contributed by atoms with Crippen LogP contribution in [0.15, 0.2) is 0 Å². The van der Waals surface area contributed by atoms with E-state index < -0.39 is 0 Å². The lowest BCUT2D eigenvalue weighted by atomic mass is 11.8. The van der Waals surface area contributed by atoms with E-state index in [1.807, 2.05) is 0 Å². The van der Waals surface area contributed by atoms with E-state index in [9.17, 15) is 0 Å². The summed E-state index contributed by atoms with van der Waals surface area (Å²) in [5.41, 5.74) is 0. The van der Waals surface area contributed by atoms with Gasteiger partial charge in [-0.1, -0.05) is 0 Å². The molecule has 0 N–H and O–H groups in total. The van der Waals surface area contributed by atoms with Crippen LogP contribution in [0.1, 0.15) is 0 Å². The quantitative estimate of drug-likeness (QED) is 0.604. The molecule has 0 aromatic rings. The maximum Gasteiger partial charge on any atom is 0.391 e. The minimum atomic E-state index is -0.0602. The fraction of sp³-hybridized carbons (Fsp3) is 0.571. The van der Waals surface area contributed by atoms with Crippen LogP contribution in [0.5, 0.6) is 0 Å². The van der Waals surface area contributed by atoms with Crippen LogP contribution in [-0.2, 0) is 0 Å². The lowest BCUT2D eigenvalue weighted by Gasteiger charge is -1.89. The number of rotatable bonds is 3. The van der Waals surface area contributed by atoms with Crippen molar-refractivity contribution in [3.8, 4) is 0 Å². The van der Waals surface area contributed by atoms with Crippen molar-refractivity contribution in [1.29, 1.82) is 0 Å². The average molecular weight is 193 g/mol. The van der Waals surface area contributed by atoms with Gasteiger partial charge in [-0.2, -0.15) is 0 Å². The smallest absolute Gasteiger partial charge is 0.0810 e. The number of hydrogen-bond acceptors (Lipinski definition) is 0. The highest BCUT2D eigenvalue weighted by atomic mass is 31.2. The minimum absolute atomic E-state index is 0.0602. The average Bonchev–Trinajstić information content (AvgIpc) is 1.59. The van der Waals surface area contributed by atoms with Gasteiger partial charge in [-0.15, -0.1) is 0 Å². The summed E-state index contributed by atoms with van der Waals surface area (Å²) in [5, 5.41) is 0.750. The second-order valence-corrected chi connectivity index (χ2v) is 9.93. The molecule has 3 atom stereocenters. The summed E-state index contributed by atoms with van der Waals surface area (Å²) in [7, 11) is -0.181. The van der Waals surface area contributed by atoms with Crippen LogP contribution in [0.2, 0.25) is 0 Å². The molecule has 0 aliphatic rings. The topological polar surface area (TPSA) is 0 Å². The normalized spacial score (nSPS) is 17.7. The maximum absolute atomic E-state index is 4.10. The van der Waals surface area contributed by atoms with E-state index in [-0.39, 0.29) is 22.6 Å². The highest BCUT2D eigenvalue weighted by Gasteiger charge is 2.37. The predicted molar refractivity (Wildman–Crippen MR) is 63.7 cm³/mol. The standard InChI is InChI=1S/C7H16P3/c1-8(2)7(9(3)4)10(5)6/h7H,1,3,5H2,2,4,6H3/q+3. The molecule has 0 amide bonds. The lowest BCUT2D eigenvalue weighted by molar-refractivity contribution is 1.91. The first-order valence-electron chi connectivity index (χ1n) is 3.06. The summed E-state index contributed by atoms with van der Waals surface area (Å²) in [6.07, 6.45) is 12.3. The molecule has 0 aromatic heterocycles. The Morgan fingerprint density at radius 2 is 1.00 bits per heavy atom. The van der Waals surface area contributed by atoms with Gasteiger partial charge in [0.1, 0.15) is 20.0 Å². The summed E-state index contributed by atoms with van der Waals surface area (Å²) in [6.45, 7) is 6.69. The van der Waals surface area contributed by atoms with E-state index in [0.29, 0.717) is 0 Å². The molecule has 0 rings (SSSR count). The molecule has 0 aliphatic heterocycles. The Balaban J connectivity index is 4.43. The molecule has 0 fully saturated rings. The van der Waals surface area contributed by atoms with Gasteiger partial charge in [0, 0.05) is 0 Å². The number of hydrogen-bond donors (Lipinski definition) is 0. The Hall–Kier alpha value is 0.510. The third-order valence-electron chi connectivity index (χ3n) is 1.18. The molecule has 0 bridgehead atoms. The molecular weight excluding hydrogens is 177 g/mol. The first kappa shape index (κ1) is 10.5. The van der Waals surface area contributed by atoms with Crippen LogP contribution >= 0.6 is 22.6 Å². The van der Waals surface area contributed by atoms with E-state index in [1.54, 1.807) is 0 Å². The Bertz CT molecular complexity index is 148. The van der Waals surface area contributed by atoms with Crippen LogP contribution in [0.25, 0.3) is 0 Å². The van der Waals surface area contributed by atoms with E-state index >= 15 is 0 Å². The van der Waals surface area contributed by atoms with E-state index in [4.69, 9.17) is 0 Å². The van der Waals surface area contributed by atoms with Gasteiger partial charge in [0.05, 0.1) is 18.9 Å². The molecule has 0 aliphatic carbocycles. The SMILES string of the molecule is C=[P+](C)C([P+](=C)C)[P+](=C)C. The lowest BCUT2D eigenvalue weighted by Crippen LogP contribution is -1.86. The highest BCUT2D eigenvalue weighted by molar-refractivity contribution is 7.88. The second kappa shape index (κ2) is 4.40. The fourth-order valence-corrected chi connectivity index (χ4v) is 9.09. The molecule has 0 nitrogen and oxygen atoms in total. The first-order chi connectivity index (χ1) is 4.46. The third kappa shape index (κ3) is 3.07. The molecule has 3 unspecified atom stereocenters. The Morgan fingerprint density at radius 1 is 0.800 bits per heavy atom. The van der Waals surface area contributed by atoms with Crippen LogP contribution in [0.4, 0.5) is 0 Å². The van der Waals surface area contributed by atoms with Crippen molar-refractivity contribution in [2.24, 2.45) is 0 Å². The van der Waals surface area contributed by atoms with Gasteiger partial charge < -0.3 is 0 Å². The molecule has 0 saturated heterocycles. The summed E-state index contributed by atoms with van der Waals surface area (Å²) in [4.78, 5) is 0. The van der Waals surface area contributed by atoms with Gasteiger partial charge in [-0.25, -0.2) is 0 Å². The molecule has 0 heterocycles. The van der Waals surface area contributed by atoms with Crippen molar-refractivity contribution in [3.05, 3.63) is 0 Å². The largest absolute Gasteiger partial charge is 0.391 e. The van der Waals surface area contributed by atoms with Crippen molar-refractivity contribution >= 4 is 41.5 Å². The first-order valence-corrected chi connectivity index (χ1v) is 9.19. The Kier molecular flexibility index (Phi) is 4.63. The van der Waals surface area contributed by atoms with E-state index in [2.05, 4.69) is 38.9 Å². The Morgan fingerprint density at radius 3 is 1.00 bits per heavy atom. The van der Waals surface area contributed by atoms with Gasteiger partial charge in [0.15, 0.2) is 22.6 Å². The molecule has 3 heteroatoms. The van der Waals surface area contributed by atoms with Gasteiger partial charge in [-0.3, -0.25) is 0 Å². The zero-order valence-corrected chi connectivity index (χ0v) is 9.72. The molecule has 0 saturated carbocycles. The third-order valence-corrected chi connectivity index (χ3v) is 10.6. The van der Waals surface area contributed by atoms with Crippen LogP contribution in [-0.4, -0.2) is 44.0 Å². The molecule has 0 spiro atoms. The molecule has 56 valence electrons. The van der Waals surface area contributed by atoms with Gasteiger partial charge in [0.2, 0.25) is 0 Å². The molecular formula is C7H16P3+3. The molecule has 0 aromatic carbocycles. The van der Waals surface area contributed by atoms with Crippen molar-refractivity contribution in [1.82, 2.24) is 0 Å². The summed E-state index contributed by atoms with van der Waals surface area (Å²) < 4.78 is 0. The summed E-state index contributed by atoms with van der Waals surface area (Å²) in [5.74, 6) is 0. The van der Waals surface area contributed by atoms with Gasteiger partial charge >= 0.3 is 5.14 Å². The summed E-state index contributed by atoms with van der Waals surface area (Å²) in [6, 6.07) is 0. The Labute approximate surface area is 67.2 Å². The van der Waals surface area contributed by atoms with Crippen molar-refractivity contribution in [2.45, 2.75) is 5.14 Å². The van der Waals surface area contributed by atoms with Crippen LogP contribution in [0, 0.1) is 0 Å². The van der Waals surface area contributed by atoms with E-state index in [1.165, 1.54) is 0 Å². The molecule has 10 heavy (non-hydrogen) atoms. The van der Waals surface area contributed by atoms with Gasteiger partial charge in [-0.05, 0) is 0 Å². The van der Waals surface area contributed by atoms with Crippen molar-refractivity contribution in [2.75, 3.05) is 20.0 Å². The minimum Gasteiger partial charge on any atom is 0.0810 e. The van der Waals surface area contributed by atoms with Gasteiger partial charge in [0.25, 0.3) is 0 Å². The monoisotopic (exact) mass is 193 g/mol. The predicted octanol–water partition coefficient (Wildman–Crippen LogP) is 2.90. The fourth-order valence-electron chi connectivity index (χ4n) is 1.01.